The van der Waals surface area contributed by atoms with Crippen molar-refractivity contribution < 1.29 is 22.5 Å². The highest BCUT2D eigenvalue weighted by atomic mass is 32.2. The van der Waals surface area contributed by atoms with Crippen molar-refractivity contribution >= 4 is 16.1 Å². The van der Waals surface area contributed by atoms with Gasteiger partial charge in [-0.1, -0.05) is 0 Å². The third kappa shape index (κ3) is 3.95. The minimum atomic E-state index is -3.54. The second kappa shape index (κ2) is 4.58. The first-order valence-electron chi connectivity index (χ1n) is 4.33. The van der Waals surface area contributed by atoms with E-state index in [2.05, 4.69) is 9.17 Å². The van der Waals surface area contributed by atoms with E-state index in [4.69, 9.17) is 5.11 Å². The molecule has 0 fully saturated rings. The van der Waals surface area contributed by atoms with Crippen molar-refractivity contribution in [2.45, 2.75) is 13.5 Å². The van der Waals surface area contributed by atoms with E-state index < -0.39 is 16.1 Å². The molecular formula is C9H11NO5S. The number of pyridine rings is 1. The monoisotopic (exact) mass is 245 g/mol. The number of carbonyl (C=O) groups is 1. The van der Waals surface area contributed by atoms with Crippen LogP contribution in [-0.4, -0.2) is 30.7 Å². The van der Waals surface area contributed by atoms with Gasteiger partial charge in [0.15, 0.2) is 0 Å². The zero-order chi connectivity index (χ0) is 12.3. The number of nitrogens with zero attached hydrogens (tertiary/aromatic N) is 1. The summed E-state index contributed by atoms with van der Waals surface area (Å²) in [5, 5.41) is 8.74. The second-order valence-corrected chi connectivity index (χ2v) is 4.92. The molecule has 0 aromatic carbocycles. The number of rotatable bonds is 4. The molecular weight excluding hydrogens is 234 g/mol. The average Bonchev–Trinajstić information content (AvgIpc) is 2.13. The fourth-order valence-corrected chi connectivity index (χ4v) is 1.46. The summed E-state index contributed by atoms with van der Waals surface area (Å²) >= 11 is 0. The van der Waals surface area contributed by atoms with Gasteiger partial charge >= 0.3 is 5.97 Å². The number of hydrogen-bond donors (Lipinski definition) is 1. The van der Waals surface area contributed by atoms with Crippen LogP contribution in [0.25, 0.3) is 0 Å². The first kappa shape index (κ1) is 12.6. The van der Waals surface area contributed by atoms with E-state index >= 15 is 0 Å². The molecule has 1 aromatic rings. The highest BCUT2D eigenvalue weighted by Crippen LogP contribution is 2.08. The molecule has 0 saturated heterocycles. The summed E-state index contributed by atoms with van der Waals surface area (Å²) < 4.78 is 26.1. The Morgan fingerprint density at radius 2 is 2.12 bits per heavy atom. The van der Waals surface area contributed by atoms with Crippen molar-refractivity contribution in [2.75, 3.05) is 6.26 Å². The van der Waals surface area contributed by atoms with Gasteiger partial charge in [-0.25, -0.2) is 9.78 Å². The maximum atomic E-state index is 10.8. The van der Waals surface area contributed by atoms with E-state index in [1.54, 1.807) is 13.0 Å². The van der Waals surface area contributed by atoms with Gasteiger partial charge in [-0.2, -0.15) is 8.42 Å². The van der Waals surface area contributed by atoms with Crippen molar-refractivity contribution in [2.24, 2.45) is 0 Å². The first-order valence-corrected chi connectivity index (χ1v) is 6.15. The lowest BCUT2D eigenvalue weighted by Crippen LogP contribution is -2.06. The van der Waals surface area contributed by atoms with Crippen LogP contribution < -0.4 is 0 Å². The van der Waals surface area contributed by atoms with E-state index in [0.717, 1.165) is 6.26 Å². The summed E-state index contributed by atoms with van der Waals surface area (Å²) in [5.41, 5.74) is 0.814. The highest BCUT2D eigenvalue weighted by molar-refractivity contribution is 7.85. The van der Waals surface area contributed by atoms with Crippen LogP contribution in [0.2, 0.25) is 0 Å². The summed E-state index contributed by atoms with van der Waals surface area (Å²) in [6, 6.07) is 2.85. The number of aryl methyl sites for hydroxylation is 1. The van der Waals surface area contributed by atoms with E-state index in [9.17, 15) is 13.2 Å². The average molecular weight is 245 g/mol. The smallest absolute Gasteiger partial charge is 0.354 e. The minimum Gasteiger partial charge on any atom is -0.477 e. The lowest BCUT2D eigenvalue weighted by Gasteiger charge is -2.04. The summed E-state index contributed by atoms with van der Waals surface area (Å²) in [5.74, 6) is -1.16. The van der Waals surface area contributed by atoms with Crippen LogP contribution in [0.3, 0.4) is 0 Å². The normalized spacial score (nSPS) is 11.4. The standard InChI is InChI=1S/C9H11NO5S/c1-6-3-7(5-15-16(2,13)14)4-8(10-6)9(11)12/h3-4H,5H2,1-2H3,(H,11,12). The molecule has 0 spiro atoms. The van der Waals surface area contributed by atoms with E-state index in [-0.39, 0.29) is 12.3 Å². The van der Waals surface area contributed by atoms with Gasteiger partial charge in [-0.15, -0.1) is 0 Å². The van der Waals surface area contributed by atoms with Crippen LogP contribution in [-0.2, 0) is 20.9 Å². The summed E-state index contributed by atoms with van der Waals surface area (Å²) in [6.45, 7) is 1.43. The van der Waals surface area contributed by atoms with Crippen LogP contribution in [0.4, 0.5) is 0 Å². The topological polar surface area (TPSA) is 93.6 Å². The maximum Gasteiger partial charge on any atom is 0.354 e. The molecule has 1 heterocycles. The second-order valence-electron chi connectivity index (χ2n) is 3.27. The van der Waals surface area contributed by atoms with E-state index in [1.165, 1.54) is 6.07 Å². The number of carboxylic acids is 1. The number of hydrogen-bond acceptors (Lipinski definition) is 5. The zero-order valence-electron chi connectivity index (χ0n) is 8.80. The van der Waals surface area contributed by atoms with Gasteiger partial charge in [0.05, 0.1) is 12.9 Å². The third-order valence-electron chi connectivity index (χ3n) is 1.67. The molecule has 0 saturated carbocycles. The molecule has 0 aliphatic heterocycles. The molecule has 0 atom stereocenters. The molecule has 6 nitrogen and oxygen atoms in total. The number of aromatic nitrogens is 1. The largest absolute Gasteiger partial charge is 0.477 e. The molecule has 0 amide bonds. The van der Waals surface area contributed by atoms with Gasteiger partial charge in [-0.3, -0.25) is 4.18 Å². The van der Waals surface area contributed by atoms with Gasteiger partial charge in [-0.05, 0) is 24.6 Å². The van der Waals surface area contributed by atoms with E-state index in [0.29, 0.717) is 11.3 Å². The zero-order valence-corrected chi connectivity index (χ0v) is 9.61. The Bertz CT molecular complexity index is 509. The van der Waals surface area contributed by atoms with Crippen molar-refractivity contribution in [3.05, 3.63) is 29.1 Å². The summed E-state index contributed by atoms with van der Waals surface area (Å²) in [7, 11) is -3.54. The lowest BCUT2D eigenvalue weighted by molar-refractivity contribution is 0.0690. The maximum absolute atomic E-state index is 10.8. The number of carboxylic acid groups (broad SMARTS) is 1. The molecule has 0 aliphatic rings. The lowest BCUT2D eigenvalue weighted by atomic mass is 10.2. The van der Waals surface area contributed by atoms with Gasteiger partial charge in [0, 0.05) is 5.69 Å². The first-order chi connectivity index (χ1) is 7.28. The van der Waals surface area contributed by atoms with Crippen molar-refractivity contribution in [1.29, 1.82) is 0 Å². The molecule has 0 bridgehead atoms. The molecule has 1 N–H and O–H groups in total. The summed E-state index contributed by atoms with van der Waals surface area (Å²) in [4.78, 5) is 14.5. The highest BCUT2D eigenvalue weighted by Gasteiger charge is 2.09. The van der Waals surface area contributed by atoms with Crippen LogP contribution in [0.15, 0.2) is 12.1 Å². The van der Waals surface area contributed by atoms with Crippen LogP contribution in [0, 0.1) is 6.92 Å². The van der Waals surface area contributed by atoms with Gasteiger partial charge in [0.1, 0.15) is 5.69 Å². The Balaban J connectivity index is 2.93. The molecule has 0 radical (unpaired) electrons. The molecule has 0 aliphatic carbocycles. The number of aromatic carboxylic acids is 1. The molecule has 0 unspecified atom stereocenters. The Morgan fingerprint density at radius 3 is 2.62 bits per heavy atom. The summed E-state index contributed by atoms with van der Waals surface area (Å²) in [6.07, 6.45) is 0.930. The van der Waals surface area contributed by atoms with Crippen molar-refractivity contribution in [1.82, 2.24) is 4.98 Å². The third-order valence-corrected chi connectivity index (χ3v) is 2.22. The van der Waals surface area contributed by atoms with Crippen LogP contribution in [0.5, 0.6) is 0 Å². The Labute approximate surface area is 93.0 Å². The fraction of sp³-hybridized carbons (Fsp3) is 0.333. The molecule has 1 rings (SSSR count). The SMILES string of the molecule is Cc1cc(COS(C)(=O)=O)cc(C(=O)O)n1. The van der Waals surface area contributed by atoms with E-state index in [1.807, 2.05) is 0 Å². The Morgan fingerprint density at radius 1 is 1.50 bits per heavy atom. The van der Waals surface area contributed by atoms with Crippen molar-refractivity contribution in [3.8, 4) is 0 Å². The quantitative estimate of drug-likeness (QED) is 0.779. The predicted octanol–water partition coefficient (Wildman–Crippen LogP) is 0.564. The Hall–Kier alpha value is -1.47. The molecule has 16 heavy (non-hydrogen) atoms. The Kier molecular flexibility index (Phi) is 3.61. The molecule has 1 aromatic heterocycles. The van der Waals surface area contributed by atoms with Gasteiger partial charge in [0.25, 0.3) is 10.1 Å². The minimum absolute atomic E-state index is 0.132. The molecule has 7 heteroatoms. The fourth-order valence-electron chi connectivity index (χ4n) is 1.11. The van der Waals surface area contributed by atoms with Crippen LogP contribution >= 0.6 is 0 Å². The predicted molar refractivity (Wildman–Crippen MR) is 55.6 cm³/mol. The van der Waals surface area contributed by atoms with Crippen LogP contribution in [0.1, 0.15) is 21.7 Å². The van der Waals surface area contributed by atoms with Gasteiger partial charge < -0.3 is 5.11 Å². The molecule has 88 valence electrons. The van der Waals surface area contributed by atoms with Crippen molar-refractivity contribution in [3.63, 3.8) is 0 Å². The van der Waals surface area contributed by atoms with Gasteiger partial charge in [0.2, 0.25) is 0 Å².